The number of rotatable bonds is 3. The Hall–Kier alpha value is -2.87. The summed E-state index contributed by atoms with van der Waals surface area (Å²) in [5, 5.41) is 0. The van der Waals surface area contributed by atoms with Gasteiger partial charge in [0.05, 0.1) is 0 Å². The van der Waals surface area contributed by atoms with E-state index < -0.39 is 0 Å². The molecule has 0 fully saturated rings. The molecular formula is C23H20O2. The predicted molar refractivity (Wildman–Crippen MR) is 98.3 cm³/mol. The Kier molecular flexibility index (Phi) is 3.89. The van der Waals surface area contributed by atoms with Gasteiger partial charge in [-0.3, -0.25) is 4.79 Å². The van der Waals surface area contributed by atoms with Crippen LogP contribution in [0.1, 0.15) is 41.7 Å². The van der Waals surface area contributed by atoms with E-state index in [-0.39, 0.29) is 17.5 Å². The maximum absolute atomic E-state index is 11.7. The van der Waals surface area contributed by atoms with Crippen LogP contribution in [-0.4, -0.2) is 5.97 Å². The van der Waals surface area contributed by atoms with E-state index in [0.717, 1.165) is 12.0 Å². The van der Waals surface area contributed by atoms with Crippen LogP contribution in [0.25, 0.3) is 0 Å². The normalized spacial score (nSPS) is 17.7. The third-order valence-electron chi connectivity index (χ3n) is 5.10. The third-order valence-corrected chi connectivity index (χ3v) is 5.10. The Bertz CT molecular complexity index is 845. The Morgan fingerprint density at radius 3 is 1.92 bits per heavy atom. The average molecular weight is 328 g/mol. The molecule has 25 heavy (non-hydrogen) atoms. The number of hydrogen-bond donors (Lipinski definition) is 0. The Balaban J connectivity index is 1.98. The fourth-order valence-electron chi connectivity index (χ4n) is 4.13. The number of carbonyl (C=O) groups is 1. The van der Waals surface area contributed by atoms with E-state index in [1.807, 2.05) is 18.2 Å². The average Bonchev–Trinajstić information content (AvgIpc) is 2.98. The largest absolute Gasteiger partial charge is 0.458 e. The lowest BCUT2D eigenvalue weighted by atomic mass is 9.70. The lowest BCUT2D eigenvalue weighted by Crippen LogP contribution is -2.27. The summed E-state index contributed by atoms with van der Waals surface area (Å²) in [5.74, 6) is -0.239. The minimum Gasteiger partial charge on any atom is -0.458 e. The fraction of sp³-hybridized carbons (Fsp3) is 0.174. The molecule has 2 nitrogen and oxygen atoms in total. The molecule has 0 heterocycles. The van der Waals surface area contributed by atoms with E-state index in [1.165, 1.54) is 23.6 Å². The van der Waals surface area contributed by atoms with Crippen LogP contribution in [0.15, 0.2) is 84.9 Å². The molecular weight excluding hydrogens is 308 g/mol. The van der Waals surface area contributed by atoms with Crippen molar-refractivity contribution in [1.82, 2.24) is 0 Å². The summed E-state index contributed by atoms with van der Waals surface area (Å²) < 4.78 is 5.70. The number of esters is 1. The van der Waals surface area contributed by atoms with Gasteiger partial charge in [0.2, 0.25) is 0 Å². The number of hydrogen-bond acceptors (Lipinski definition) is 2. The van der Waals surface area contributed by atoms with Crippen LogP contribution < -0.4 is 0 Å². The number of carbonyl (C=O) groups excluding carboxylic acids is 1. The SMILES string of the molecule is CC(=O)OC1CC(c2ccccc2)(c2ccccc2)c2ccccc21. The molecule has 0 saturated heterocycles. The number of fused-ring (bicyclic) bond motifs is 1. The van der Waals surface area contributed by atoms with Gasteiger partial charge in [0.25, 0.3) is 0 Å². The second kappa shape index (κ2) is 6.21. The quantitative estimate of drug-likeness (QED) is 0.630. The van der Waals surface area contributed by atoms with Crippen molar-refractivity contribution >= 4 is 5.97 Å². The number of ether oxygens (including phenoxy) is 1. The van der Waals surface area contributed by atoms with Crippen molar-refractivity contribution in [2.75, 3.05) is 0 Å². The van der Waals surface area contributed by atoms with Gasteiger partial charge in [-0.25, -0.2) is 0 Å². The first-order chi connectivity index (χ1) is 12.2. The first-order valence-corrected chi connectivity index (χ1v) is 8.59. The van der Waals surface area contributed by atoms with Gasteiger partial charge in [0.15, 0.2) is 0 Å². The summed E-state index contributed by atoms with van der Waals surface area (Å²) in [6.07, 6.45) is 0.495. The first-order valence-electron chi connectivity index (χ1n) is 8.59. The van der Waals surface area contributed by atoms with E-state index >= 15 is 0 Å². The van der Waals surface area contributed by atoms with E-state index in [4.69, 9.17) is 4.74 Å². The molecule has 3 aromatic carbocycles. The zero-order chi connectivity index (χ0) is 17.3. The second-order valence-corrected chi connectivity index (χ2v) is 6.53. The van der Waals surface area contributed by atoms with Gasteiger partial charge in [-0.15, -0.1) is 0 Å². The lowest BCUT2D eigenvalue weighted by Gasteiger charge is -2.32. The van der Waals surface area contributed by atoms with Crippen molar-refractivity contribution in [3.8, 4) is 0 Å². The van der Waals surface area contributed by atoms with Crippen molar-refractivity contribution in [3.05, 3.63) is 107 Å². The summed E-state index contributed by atoms with van der Waals surface area (Å²) in [5.41, 5.74) is 4.47. The lowest BCUT2D eigenvalue weighted by molar-refractivity contribution is -0.146. The molecule has 0 amide bonds. The Morgan fingerprint density at radius 2 is 1.36 bits per heavy atom. The standard InChI is InChI=1S/C23H20O2/c1-17(24)25-22-16-23(18-10-4-2-5-11-18,19-12-6-3-7-13-19)21-15-9-8-14-20(21)22/h2-15,22H,16H2,1H3. The van der Waals surface area contributed by atoms with Crippen LogP contribution in [0.5, 0.6) is 0 Å². The highest BCUT2D eigenvalue weighted by molar-refractivity contribution is 5.67. The highest BCUT2D eigenvalue weighted by atomic mass is 16.5. The summed E-state index contributed by atoms with van der Waals surface area (Å²) >= 11 is 0. The summed E-state index contributed by atoms with van der Waals surface area (Å²) in [6, 6.07) is 29.3. The molecule has 1 aliphatic rings. The van der Waals surface area contributed by atoms with Crippen LogP contribution in [0.3, 0.4) is 0 Å². The van der Waals surface area contributed by atoms with E-state index in [1.54, 1.807) is 0 Å². The van der Waals surface area contributed by atoms with Crippen molar-refractivity contribution < 1.29 is 9.53 Å². The van der Waals surface area contributed by atoms with Gasteiger partial charge in [-0.2, -0.15) is 0 Å². The molecule has 0 spiro atoms. The van der Waals surface area contributed by atoms with Gasteiger partial charge >= 0.3 is 5.97 Å². The van der Waals surface area contributed by atoms with Crippen molar-refractivity contribution in [2.45, 2.75) is 24.9 Å². The van der Waals surface area contributed by atoms with Crippen LogP contribution in [0.4, 0.5) is 0 Å². The van der Waals surface area contributed by atoms with Gasteiger partial charge < -0.3 is 4.74 Å². The maximum atomic E-state index is 11.7. The second-order valence-electron chi connectivity index (χ2n) is 6.53. The minimum absolute atomic E-state index is 0.228. The molecule has 1 aliphatic carbocycles. The molecule has 1 atom stereocenters. The Morgan fingerprint density at radius 1 is 0.840 bits per heavy atom. The Labute approximate surface area is 148 Å². The molecule has 1 unspecified atom stereocenters. The van der Waals surface area contributed by atoms with Crippen LogP contribution >= 0.6 is 0 Å². The predicted octanol–water partition coefficient (Wildman–Crippen LogP) is 5.03. The van der Waals surface area contributed by atoms with Gasteiger partial charge in [-0.1, -0.05) is 84.9 Å². The van der Waals surface area contributed by atoms with E-state index in [2.05, 4.69) is 66.7 Å². The molecule has 0 saturated carbocycles. The zero-order valence-electron chi connectivity index (χ0n) is 14.2. The van der Waals surface area contributed by atoms with E-state index in [0.29, 0.717) is 0 Å². The smallest absolute Gasteiger partial charge is 0.303 e. The maximum Gasteiger partial charge on any atom is 0.303 e. The van der Waals surface area contributed by atoms with Crippen LogP contribution in [-0.2, 0) is 14.9 Å². The first kappa shape index (κ1) is 15.6. The molecule has 4 rings (SSSR count). The zero-order valence-corrected chi connectivity index (χ0v) is 14.2. The highest BCUT2D eigenvalue weighted by Crippen LogP contribution is 2.54. The molecule has 0 bridgehead atoms. The summed E-state index contributed by atoms with van der Waals surface area (Å²) in [6.45, 7) is 1.48. The molecule has 0 radical (unpaired) electrons. The van der Waals surface area contributed by atoms with Crippen LogP contribution in [0.2, 0.25) is 0 Å². The topological polar surface area (TPSA) is 26.3 Å². The monoisotopic (exact) mass is 328 g/mol. The van der Waals surface area contributed by atoms with Gasteiger partial charge in [-0.05, 0) is 22.3 Å². The summed E-state index contributed by atoms with van der Waals surface area (Å²) in [7, 11) is 0. The third kappa shape index (κ3) is 2.54. The van der Waals surface area contributed by atoms with E-state index in [9.17, 15) is 4.79 Å². The highest BCUT2D eigenvalue weighted by Gasteiger charge is 2.47. The fourth-order valence-corrected chi connectivity index (χ4v) is 4.13. The van der Waals surface area contributed by atoms with Gasteiger partial charge in [0.1, 0.15) is 6.10 Å². The molecule has 0 aliphatic heterocycles. The van der Waals surface area contributed by atoms with Crippen molar-refractivity contribution in [2.24, 2.45) is 0 Å². The molecule has 3 aromatic rings. The van der Waals surface area contributed by atoms with Gasteiger partial charge in [0, 0.05) is 18.8 Å². The molecule has 0 aromatic heterocycles. The molecule has 2 heteroatoms. The van der Waals surface area contributed by atoms with Crippen LogP contribution in [0, 0.1) is 0 Å². The molecule has 124 valence electrons. The minimum atomic E-state index is -0.306. The molecule has 0 N–H and O–H groups in total. The van der Waals surface area contributed by atoms with Crippen molar-refractivity contribution in [1.29, 1.82) is 0 Å². The van der Waals surface area contributed by atoms with Crippen molar-refractivity contribution in [3.63, 3.8) is 0 Å². The number of benzene rings is 3. The summed E-state index contributed by atoms with van der Waals surface area (Å²) in [4.78, 5) is 11.7.